The SMILES string of the molecule is Nc1nc(-c2cccc(C(=O)Nc3cn[nH]c3)c2)ccc1NC(c1ccccc1)(c1ccccc1)c1ccccc1. The number of anilines is 3. The van der Waals surface area contributed by atoms with Gasteiger partial charge in [0.25, 0.3) is 5.91 Å². The van der Waals surface area contributed by atoms with Crippen molar-refractivity contribution in [1.29, 1.82) is 0 Å². The topological polar surface area (TPSA) is 109 Å². The number of aromatic amines is 1. The van der Waals surface area contributed by atoms with E-state index in [2.05, 4.69) is 57.2 Å². The number of pyridine rings is 1. The van der Waals surface area contributed by atoms with Gasteiger partial charge in [-0.3, -0.25) is 9.89 Å². The second-order valence-electron chi connectivity index (χ2n) is 9.62. The lowest BCUT2D eigenvalue weighted by Gasteiger charge is -2.38. The van der Waals surface area contributed by atoms with E-state index in [1.165, 1.54) is 0 Å². The van der Waals surface area contributed by atoms with Crippen LogP contribution in [0, 0.1) is 0 Å². The second-order valence-corrected chi connectivity index (χ2v) is 9.62. The second kappa shape index (κ2) is 11.2. The van der Waals surface area contributed by atoms with Crippen LogP contribution in [-0.4, -0.2) is 21.1 Å². The smallest absolute Gasteiger partial charge is 0.255 e. The van der Waals surface area contributed by atoms with Crippen molar-refractivity contribution in [3.05, 3.63) is 162 Å². The highest BCUT2D eigenvalue weighted by atomic mass is 16.1. The summed E-state index contributed by atoms with van der Waals surface area (Å²) in [7, 11) is 0. The van der Waals surface area contributed by atoms with E-state index >= 15 is 0 Å². The van der Waals surface area contributed by atoms with Crippen LogP contribution in [0.2, 0.25) is 0 Å². The maximum absolute atomic E-state index is 12.8. The monoisotopic (exact) mass is 536 g/mol. The van der Waals surface area contributed by atoms with Crippen molar-refractivity contribution < 1.29 is 4.79 Å². The molecule has 7 nitrogen and oxygen atoms in total. The van der Waals surface area contributed by atoms with Gasteiger partial charge in [-0.25, -0.2) is 4.98 Å². The molecular formula is C34H28N6O. The number of rotatable bonds is 8. The zero-order chi connectivity index (χ0) is 28.1. The van der Waals surface area contributed by atoms with Crippen LogP contribution in [0.4, 0.5) is 17.2 Å². The number of nitrogens with one attached hydrogen (secondary N) is 3. The van der Waals surface area contributed by atoms with Crippen molar-refractivity contribution in [3.63, 3.8) is 0 Å². The fourth-order valence-electron chi connectivity index (χ4n) is 5.07. The minimum atomic E-state index is -0.730. The Bertz CT molecular complexity index is 1660. The van der Waals surface area contributed by atoms with E-state index in [9.17, 15) is 4.79 Å². The fourth-order valence-corrected chi connectivity index (χ4v) is 5.07. The molecule has 6 aromatic rings. The third-order valence-corrected chi connectivity index (χ3v) is 7.04. The lowest BCUT2D eigenvalue weighted by molar-refractivity contribution is 0.102. The molecule has 0 saturated heterocycles. The fraction of sp³-hybridized carbons (Fsp3) is 0.0294. The molecule has 5 N–H and O–H groups in total. The minimum absolute atomic E-state index is 0.238. The van der Waals surface area contributed by atoms with E-state index in [0.29, 0.717) is 28.5 Å². The molecule has 0 aliphatic rings. The third kappa shape index (κ3) is 5.16. The predicted molar refractivity (Wildman–Crippen MR) is 163 cm³/mol. The summed E-state index contributed by atoms with van der Waals surface area (Å²) >= 11 is 0. The standard InChI is InChI=1S/C34H28N6O/c35-32-31(20-19-30(39-32)24-11-10-12-25(21-24)33(41)38-29-22-36-37-23-29)40-34(26-13-4-1-5-14-26,27-15-6-2-7-16-27)28-17-8-3-9-18-28/h1-23,40H,(H2,35,39)(H,36,37)(H,38,41). The number of aromatic nitrogens is 3. The Morgan fingerprint density at radius 2 is 1.34 bits per heavy atom. The van der Waals surface area contributed by atoms with E-state index in [1.54, 1.807) is 24.5 Å². The van der Waals surface area contributed by atoms with E-state index < -0.39 is 5.54 Å². The molecule has 7 heteroatoms. The highest BCUT2D eigenvalue weighted by molar-refractivity contribution is 6.04. The number of benzene rings is 4. The Morgan fingerprint density at radius 1 is 0.732 bits per heavy atom. The summed E-state index contributed by atoms with van der Waals surface area (Å²) in [5.74, 6) is 0.112. The van der Waals surface area contributed by atoms with Crippen molar-refractivity contribution >= 4 is 23.1 Å². The Balaban J connectivity index is 1.39. The molecule has 2 aromatic heterocycles. The van der Waals surface area contributed by atoms with Crippen LogP contribution < -0.4 is 16.4 Å². The molecule has 0 bridgehead atoms. The van der Waals surface area contributed by atoms with Gasteiger partial charge in [0.15, 0.2) is 0 Å². The summed E-state index contributed by atoms with van der Waals surface area (Å²) in [6.07, 6.45) is 3.17. The quantitative estimate of drug-likeness (QED) is 0.162. The maximum Gasteiger partial charge on any atom is 0.255 e. The number of carbonyl (C=O) groups is 1. The van der Waals surface area contributed by atoms with Gasteiger partial charge >= 0.3 is 0 Å². The summed E-state index contributed by atoms with van der Waals surface area (Å²) in [5, 5.41) is 13.2. The van der Waals surface area contributed by atoms with Gasteiger partial charge in [-0.2, -0.15) is 5.10 Å². The van der Waals surface area contributed by atoms with E-state index in [1.807, 2.05) is 78.9 Å². The lowest BCUT2D eigenvalue weighted by atomic mass is 9.77. The molecule has 0 aliphatic carbocycles. The molecule has 1 amide bonds. The number of hydrogen-bond donors (Lipinski definition) is 4. The van der Waals surface area contributed by atoms with Gasteiger partial charge in [0.1, 0.15) is 11.4 Å². The molecule has 6 rings (SSSR count). The minimum Gasteiger partial charge on any atom is -0.382 e. The zero-order valence-electron chi connectivity index (χ0n) is 22.2. The van der Waals surface area contributed by atoms with Crippen molar-refractivity contribution in [2.45, 2.75) is 5.54 Å². The van der Waals surface area contributed by atoms with Gasteiger partial charge in [0, 0.05) is 17.3 Å². The normalized spacial score (nSPS) is 11.1. The average Bonchev–Trinajstić information content (AvgIpc) is 3.55. The van der Waals surface area contributed by atoms with Crippen LogP contribution in [0.25, 0.3) is 11.3 Å². The molecule has 4 aromatic carbocycles. The van der Waals surface area contributed by atoms with Crippen LogP contribution in [0.5, 0.6) is 0 Å². The van der Waals surface area contributed by atoms with Crippen LogP contribution in [0.1, 0.15) is 27.0 Å². The van der Waals surface area contributed by atoms with E-state index in [0.717, 1.165) is 22.3 Å². The molecule has 0 radical (unpaired) electrons. The van der Waals surface area contributed by atoms with Crippen LogP contribution >= 0.6 is 0 Å². The molecule has 41 heavy (non-hydrogen) atoms. The first-order valence-electron chi connectivity index (χ1n) is 13.3. The number of nitrogen functional groups attached to an aromatic ring is 1. The van der Waals surface area contributed by atoms with E-state index in [4.69, 9.17) is 10.7 Å². The largest absolute Gasteiger partial charge is 0.382 e. The predicted octanol–water partition coefficient (Wildman–Crippen LogP) is 6.71. The summed E-state index contributed by atoms with van der Waals surface area (Å²) in [5.41, 5.74) is 12.3. The number of amides is 1. The Labute approximate surface area is 238 Å². The highest BCUT2D eigenvalue weighted by Crippen LogP contribution is 2.41. The third-order valence-electron chi connectivity index (χ3n) is 7.04. The van der Waals surface area contributed by atoms with Crippen molar-refractivity contribution in [3.8, 4) is 11.3 Å². The molecule has 200 valence electrons. The number of nitrogens with two attached hydrogens (primary N) is 1. The molecule has 0 fully saturated rings. The van der Waals surface area contributed by atoms with Gasteiger partial charge in [0.05, 0.1) is 23.3 Å². The first-order valence-corrected chi connectivity index (χ1v) is 13.3. The van der Waals surface area contributed by atoms with Crippen molar-refractivity contribution in [2.75, 3.05) is 16.4 Å². The molecule has 0 spiro atoms. The van der Waals surface area contributed by atoms with Crippen molar-refractivity contribution in [1.82, 2.24) is 15.2 Å². The number of hydrogen-bond acceptors (Lipinski definition) is 5. The molecular weight excluding hydrogens is 508 g/mol. The first kappa shape index (κ1) is 25.6. The van der Waals surface area contributed by atoms with E-state index in [-0.39, 0.29) is 5.91 Å². The number of carbonyl (C=O) groups excluding carboxylic acids is 1. The maximum atomic E-state index is 12.8. The van der Waals surface area contributed by atoms with Crippen LogP contribution in [0.3, 0.4) is 0 Å². The first-order chi connectivity index (χ1) is 20.1. The molecule has 0 aliphatic heterocycles. The summed E-state index contributed by atoms with van der Waals surface area (Å²) in [6, 6.07) is 42.1. The Morgan fingerprint density at radius 3 is 1.88 bits per heavy atom. The van der Waals surface area contributed by atoms with Gasteiger partial charge in [-0.15, -0.1) is 0 Å². The Kier molecular flexibility index (Phi) is 6.99. The molecule has 2 heterocycles. The van der Waals surface area contributed by atoms with Crippen molar-refractivity contribution in [2.24, 2.45) is 0 Å². The lowest BCUT2D eigenvalue weighted by Crippen LogP contribution is -2.38. The Hall–Kier alpha value is -5.69. The zero-order valence-corrected chi connectivity index (χ0v) is 22.2. The van der Waals surface area contributed by atoms with Gasteiger partial charge in [-0.1, -0.05) is 103 Å². The summed E-state index contributed by atoms with van der Waals surface area (Å²) in [4.78, 5) is 17.5. The molecule has 0 unspecified atom stereocenters. The molecule has 0 saturated carbocycles. The average molecular weight is 537 g/mol. The van der Waals surface area contributed by atoms with Gasteiger partial charge in [0.2, 0.25) is 0 Å². The van der Waals surface area contributed by atoms with Gasteiger partial charge < -0.3 is 16.4 Å². The van der Waals surface area contributed by atoms with Crippen LogP contribution in [-0.2, 0) is 5.54 Å². The summed E-state index contributed by atoms with van der Waals surface area (Å²) in [6.45, 7) is 0. The highest BCUT2D eigenvalue weighted by Gasteiger charge is 2.36. The van der Waals surface area contributed by atoms with Gasteiger partial charge in [-0.05, 0) is 41.0 Å². The van der Waals surface area contributed by atoms with Crippen LogP contribution in [0.15, 0.2) is 140 Å². The molecule has 0 atom stereocenters. The summed E-state index contributed by atoms with van der Waals surface area (Å²) < 4.78 is 0. The number of H-pyrrole nitrogens is 1. The number of nitrogens with zero attached hydrogens (tertiary/aromatic N) is 2.